The maximum atomic E-state index is 13.7. The Morgan fingerprint density at radius 3 is 2.57 bits per heavy atom. The zero-order valence-corrected chi connectivity index (χ0v) is 25.7. The number of benzene rings is 2. The number of hydrogen-bond donors (Lipinski definition) is 3. The molecule has 9 nitrogen and oxygen atoms in total. The minimum absolute atomic E-state index is 0.0925. The van der Waals surface area contributed by atoms with Gasteiger partial charge in [0.1, 0.15) is 18.4 Å². The number of likely N-dealkylation sites (tertiary alicyclic amines) is 1. The van der Waals surface area contributed by atoms with Gasteiger partial charge in [0, 0.05) is 54.3 Å². The minimum atomic E-state index is -4.43. The van der Waals surface area contributed by atoms with Crippen LogP contribution in [0, 0.1) is 28.6 Å². The van der Waals surface area contributed by atoms with Crippen LogP contribution < -0.4 is 20.7 Å². The highest BCUT2D eigenvalue weighted by molar-refractivity contribution is 5.95. The number of rotatable bonds is 9. The van der Waals surface area contributed by atoms with Gasteiger partial charge < -0.3 is 30.0 Å². The summed E-state index contributed by atoms with van der Waals surface area (Å²) in [4.78, 5) is 14.6. The van der Waals surface area contributed by atoms with Crippen molar-refractivity contribution in [1.29, 1.82) is 5.26 Å². The Balaban J connectivity index is 1.16. The summed E-state index contributed by atoms with van der Waals surface area (Å²) in [5, 5.41) is 18.9. The molecule has 46 heavy (non-hydrogen) atoms. The third-order valence-electron chi connectivity index (χ3n) is 9.10. The number of aromatic nitrogens is 1. The molecule has 1 saturated carbocycles. The van der Waals surface area contributed by atoms with E-state index in [1.807, 2.05) is 12.1 Å². The molecule has 242 valence electrons. The Morgan fingerprint density at radius 2 is 1.89 bits per heavy atom. The van der Waals surface area contributed by atoms with Crippen molar-refractivity contribution < 1.29 is 27.4 Å². The van der Waals surface area contributed by atoms with Crippen LogP contribution in [0.3, 0.4) is 0 Å². The molecule has 1 spiro atoms. The number of carbonyl (C=O) groups excluding carboxylic acids is 1. The molecule has 2 aliphatic heterocycles. The highest BCUT2D eigenvalue weighted by Crippen LogP contribution is 2.41. The largest absolute Gasteiger partial charge is 0.477 e. The van der Waals surface area contributed by atoms with Crippen LogP contribution in [0.4, 0.5) is 24.5 Å². The van der Waals surface area contributed by atoms with Crippen molar-refractivity contribution in [3.8, 4) is 23.7 Å². The molecule has 0 unspecified atom stereocenters. The second-order valence-electron chi connectivity index (χ2n) is 12.4. The summed E-state index contributed by atoms with van der Waals surface area (Å²) >= 11 is 0. The van der Waals surface area contributed by atoms with Gasteiger partial charge in [-0.05, 0) is 68.0 Å². The maximum absolute atomic E-state index is 13.7. The fraction of sp³-hybridized carbons (Fsp3) is 0.471. The number of halogens is 3. The number of anilines is 2. The molecule has 1 amide bonds. The SMILES string of the molecule is CNC(=O)c1ccc(NCC#Cc2cc3c(N[C@H]4CC[C@H](N5CC6(COC6)C5)CC4)cccc3n2CC(F)(F)F)c(OCC#N)c1. The van der Waals surface area contributed by atoms with Gasteiger partial charge >= 0.3 is 6.18 Å². The first-order chi connectivity index (χ1) is 22.2. The molecule has 1 aliphatic carbocycles. The van der Waals surface area contributed by atoms with Crippen molar-refractivity contribution in [2.75, 3.05) is 57.1 Å². The molecule has 3 N–H and O–H groups in total. The third-order valence-corrected chi connectivity index (χ3v) is 9.10. The smallest absolute Gasteiger partial charge is 0.406 e. The lowest BCUT2D eigenvalue weighted by Crippen LogP contribution is -2.68. The Labute approximate surface area is 266 Å². The maximum Gasteiger partial charge on any atom is 0.406 e. The molecule has 6 rings (SSSR count). The number of hydrogen-bond acceptors (Lipinski definition) is 7. The fourth-order valence-electron chi connectivity index (χ4n) is 6.77. The van der Waals surface area contributed by atoms with Crippen molar-refractivity contribution >= 4 is 28.2 Å². The number of amides is 1. The second kappa shape index (κ2) is 13.1. The molecule has 3 fully saturated rings. The number of carbonyl (C=O) groups is 1. The summed E-state index contributed by atoms with van der Waals surface area (Å²) in [5.74, 6) is 5.84. The van der Waals surface area contributed by atoms with Crippen LogP contribution in [-0.2, 0) is 11.3 Å². The summed E-state index contributed by atoms with van der Waals surface area (Å²) in [5.41, 5.74) is 2.80. The monoisotopic (exact) mass is 634 g/mol. The number of ether oxygens (including phenoxy) is 2. The molecule has 1 aromatic heterocycles. The van der Waals surface area contributed by atoms with Crippen LogP contribution in [0.2, 0.25) is 0 Å². The van der Waals surface area contributed by atoms with Crippen LogP contribution in [0.1, 0.15) is 41.7 Å². The molecular formula is C34H37F3N6O3. The van der Waals surface area contributed by atoms with Gasteiger partial charge in [-0.15, -0.1) is 0 Å². The standard InChI is InChI=1S/C34H37F3N6O3/c1-39-32(44)23-7-12-29(31(16-23)46-15-13-38)40-14-3-4-26-17-27-28(5-2-6-30(27)43(26)20-34(35,36)37)41-24-8-10-25(11-9-24)42-18-33(19-42)21-45-22-33/h2,5-7,12,16-17,24-25,40-41H,8-11,14-15,18-22H2,1H3,(H,39,44)/t24-,25-. The summed E-state index contributed by atoms with van der Waals surface area (Å²) in [6.07, 6.45) is -0.217. The lowest BCUT2D eigenvalue weighted by Gasteiger charge is -2.58. The second-order valence-corrected chi connectivity index (χ2v) is 12.4. The molecule has 3 aliphatic rings. The van der Waals surface area contributed by atoms with Crippen molar-refractivity contribution in [2.45, 2.75) is 50.5 Å². The minimum Gasteiger partial charge on any atom is -0.477 e. The van der Waals surface area contributed by atoms with Gasteiger partial charge in [-0.1, -0.05) is 12.0 Å². The van der Waals surface area contributed by atoms with E-state index in [0.29, 0.717) is 39.4 Å². The molecule has 0 atom stereocenters. The first kappa shape index (κ1) is 31.6. The van der Waals surface area contributed by atoms with Gasteiger partial charge in [0.25, 0.3) is 5.91 Å². The lowest BCUT2D eigenvalue weighted by atomic mass is 9.75. The Hall–Kier alpha value is -4.39. The molecule has 2 aromatic carbocycles. The van der Waals surface area contributed by atoms with E-state index in [2.05, 4.69) is 32.7 Å². The highest BCUT2D eigenvalue weighted by atomic mass is 19.4. The fourth-order valence-corrected chi connectivity index (χ4v) is 6.77. The topological polar surface area (TPSA) is 104 Å². The molecular weight excluding hydrogens is 597 g/mol. The molecule has 2 saturated heterocycles. The van der Waals surface area contributed by atoms with Gasteiger partial charge in [-0.25, -0.2) is 0 Å². The van der Waals surface area contributed by atoms with Crippen molar-refractivity contribution in [1.82, 2.24) is 14.8 Å². The number of alkyl halides is 3. The van der Waals surface area contributed by atoms with E-state index in [0.717, 1.165) is 57.7 Å². The van der Waals surface area contributed by atoms with Gasteiger partial charge in [-0.2, -0.15) is 18.4 Å². The summed E-state index contributed by atoms with van der Waals surface area (Å²) in [7, 11) is 1.51. The molecule has 3 aromatic rings. The number of nitriles is 1. The van der Waals surface area contributed by atoms with Gasteiger partial charge in [0.15, 0.2) is 6.61 Å². The summed E-state index contributed by atoms with van der Waals surface area (Å²) in [6, 6.07) is 14.6. The number of nitrogens with zero attached hydrogens (tertiary/aromatic N) is 3. The van der Waals surface area contributed by atoms with Crippen LogP contribution in [0.15, 0.2) is 42.5 Å². The Bertz CT molecular complexity index is 1680. The van der Waals surface area contributed by atoms with Crippen molar-refractivity contribution in [3.05, 3.63) is 53.7 Å². The predicted octanol–water partition coefficient (Wildman–Crippen LogP) is 4.98. The van der Waals surface area contributed by atoms with E-state index in [-0.39, 0.29) is 30.8 Å². The zero-order chi connectivity index (χ0) is 32.3. The van der Waals surface area contributed by atoms with Gasteiger partial charge in [0.2, 0.25) is 0 Å². The van der Waals surface area contributed by atoms with E-state index < -0.39 is 12.7 Å². The average Bonchev–Trinajstić information content (AvgIpc) is 3.34. The van der Waals surface area contributed by atoms with Crippen LogP contribution in [0.5, 0.6) is 5.75 Å². The normalized spacial score (nSPS) is 20.5. The lowest BCUT2D eigenvalue weighted by molar-refractivity contribution is -0.200. The highest BCUT2D eigenvalue weighted by Gasteiger charge is 2.50. The first-order valence-electron chi connectivity index (χ1n) is 15.5. The van der Waals surface area contributed by atoms with Crippen molar-refractivity contribution in [3.63, 3.8) is 0 Å². The van der Waals surface area contributed by atoms with Gasteiger partial charge in [-0.3, -0.25) is 9.69 Å². The van der Waals surface area contributed by atoms with E-state index in [9.17, 15) is 18.0 Å². The Morgan fingerprint density at radius 1 is 1.11 bits per heavy atom. The molecule has 0 bridgehead atoms. The van der Waals surface area contributed by atoms with E-state index in [4.69, 9.17) is 14.7 Å². The Kier molecular flexibility index (Phi) is 9.03. The van der Waals surface area contributed by atoms with E-state index >= 15 is 0 Å². The zero-order valence-electron chi connectivity index (χ0n) is 25.7. The van der Waals surface area contributed by atoms with Crippen LogP contribution in [-0.4, -0.2) is 80.1 Å². The van der Waals surface area contributed by atoms with Gasteiger partial charge in [0.05, 0.1) is 36.7 Å². The summed E-state index contributed by atoms with van der Waals surface area (Å²) < 4.78 is 53.2. The first-order valence-corrected chi connectivity index (χ1v) is 15.5. The average molecular weight is 635 g/mol. The van der Waals surface area contributed by atoms with Crippen molar-refractivity contribution in [2.24, 2.45) is 5.41 Å². The number of nitrogens with one attached hydrogen (secondary N) is 3. The summed E-state index contributed by atoms with van der Waals surface area (Å²) in [6.45, 7) is 2.74. The molecule has 12 heteroatoms. The molecule has 0 radical (unpaired) electrons. The van der Waals surface area contributed by atoms with E-state index in [1.165, 1.54) is 17.7 Å². The molecule has 3 heterocycles. The quantitative estimate of drug-likeness (QED) is 0.285. The van der Waals surface area contributed by atoms with E-state index in [1.54, 1.807) is 30.3 Å². The predicted molar refractivity (Wildman–Crippen MR) is 169 cm³/mol. The van der Waals surface area contributed by atoms with Crippen LogP contribution in [0.25, 0.3) is 10.9 Å². The number of fused-ring (bicyclic) bond motifs is 1. The van der Waals surface area contributed by atoms with Crippen LogP contribution >= 0.6 is 0 Å². The third kappa shape index (κ3) is 6.88.